The molecule has 8 heteroatoms. The van der Waals surface area contributed by atoms with E-state index < -0.39 is 10.0 Å². The van der Waals surface area contributed by atoms with Crippen molar-refractivity contribution in [3.05, 3.63) is 51.5 Å². The second kappa shape index (κ2) is 6.99. The van der Waals surface area contributed by atoms with Gasteiger partial charge in [0.2, 0.25) is 10.0 Å². The Bertz CT molecular complexity index is 752. The summed E-state index contributed by atoms with van der Waals surface area (Å²) in [5, 5.41) is 5.35. The number of thiazole rings is 1. The van der Waals surface area contributed by atoms with Gasteiger partial charge < -0.3 is 5.32 Å². The lowest BCUT2D eigenvalue weighted by atomic mass is 10.1. The van der Waals surface area contributed by atoms with E-state index in [1.165, 1.54) is 18.4 Å². The summed E-state index contributed by atoms with van der Waals surface area (Å²) in [7, 11) is -1.88. The van der Waals surface area contributed by atoms with Crippen molar-refractivity contribution in [3.63, 3.8) is 0 Å². The molecule has 0 aliphatic rings. The maximum absolute atomic E-state index is 11.9. The molecule has 2 N–H and O–H groups in total. The van der Waals surface area contributed by atoms with E-state index in [9.17, 15) is 13.2 Å². The van der Waals surface area contributed by atoms with Crippen molar-refractivity contribution in [2.24, 2.45) is 0 Å². The van der Waals surface area contributed by atoms with Crippen LogP contribution < -0.4 is 10.0 Å². The number of benzene rings is 1. The molecule has 0 unspecified atom stereocenters. The lowest BCUT2D eigenvalue weighted by molar-refractivity contribution is 0.0946. The quantitative estimate of drug-likeness (QED) is 0.833. The predicted molar refractivity (Wildman–Crippen MR) is 86.1 cm³/mol. The number of aryl methyl sites for hydroxylation is 1. The molecule has 2 aromatic rings. The SMILES string of the molecule is CNS(=O)(=O)Cc1ccc(CNC(=O)c2csc(C)n2)cc1. The average molecular weight is 339 g/mol. The Balaban J connectivity index is 1.93. The van der Waals surface area contributed by atoms with Crippen LogP contribution in [0.25, 0.3) is 0 Å². The summed E-state index contributed by atoms with van der Waals surface area (Å²) in [5.41, 5.74) is 2.00. The molecule has 0 saturated heterocycles. The van der Waals surface area contributed by atoms with E-state index in [-0.39, 0.29) is 11.7 Å². The van der Waals surface area contributed by atoms with Gasteiger partial charge in [0.05, 0.1) is 10.8 Å². The monoisotopic (exact) mass is 339 g/mol. The van der Waals surface area contributed by atoms with Crippen molar-refractivity contribution >= 4 is 27.3 Å². The van der Waals surface area contributed by atoms with Crippen molar-refractivity contribution in [3.8, 4) is 0 Å². The lowest BCUT2D eigenvalue weighted by Crippen LogP contribution is -2.23. The van der Waals surface area contributed by atoms with Crippen molar-refractivity contribution in [2.75, 3.05) is 7.05 Å². The highest BCUT2D eigenvalue weighted by atomic mass is 32.2. The second-order valence-electron chi connectivity index (χ2n) is 4.71. The van der Waals surface area contributed by atoms with E-state index in [0.717, 1.165) is 10.6 Å². The zero-order valence-electron chi connectivity index (χ0n) is 12.3. The number of sulfonamides is 1. The third-order valence-corrected chi connectivity index (χ3v) is 5.10. The molecule has 118 valence electrons. The maximum atomic E-state index is 11.9. The van der Waals surface area contributed by atoms with Crippen LogP contribution in [0.1, 0.15) is 26.6 Å². The fraction of sp³-hybridized carbons (Fsp3) is 0.286. The van der Waals surface area contributed by atoms with Crippen LogP contribution in [0.5, 0.6) is 0 Å². The van der Waals surface area contributed by atoms with Crippen LogP contribution in [0.15, 0.2) is 29.6 Å². The van der Waals surface area contributed by atoms with Crippen molar-refractivity contribution in [1.29, 1.82) is 0 Å². The number of carbonyl (C=O) groups is 1. The number of amides is 1. The molecule has 1 aromatic heterocycles. The molecule has 1 aromatic carbocycles. The van der Waals surface area contributed by atoms with Gasteiger partial charge in [0.1, 0.15) is 5.69 Å². The minimum absolute atomic E-state index is 0.0613. The van der Waals surface area contributed by atoms with E-state index in [0.29, 0.717) is 17.8 Å². The van der Waals surface area contributed by atoms with Gasteiger partial charge in [-0.2, -0.15) is 0 Å². The Morgan fingerprint density at radius 1 is 1.23 bits per heavy atom. The molecule has 0 fully saturated rings. The fourth-order valence-corrected chi connectivity index (χ4v) is 3.15. The van der Waals surface area contributed by atoms with Crippen LogP contribution in [0.3, 0.4) is 0 Å². The van der Waals surface area contributed by atoms with Crippen molar-refractivity contribution < 1.29 is 13.2 Å². The van der Waals surface area contributed by atoms with Crippen molar-refractivity contribution in [1.82, 2.24) is 15.0 Å². The first-order valence-corrected chi connectivity index (χ1v) is 9.12. The van der Waals surface area contributed by atoms with Crippen LogP contribution in [0.4, 0.5) is 0 Å². The number of hydrogen-bond donors (Lipinski definition) is 2. The fourth-order valence-electron chi connectivity index (χ4n) is 1.79. The summed E-state index contributed by atoms with van der Waals surface area (Å²) in [6.45, 7) is 2.22. The first-order chi connectivity index (χ1) is 10.4. The molecule has 0 aliphatic carbocycles. The van der Waals surface area contributed by atoms with Gasteiger partial charge in [-0.3, -0.25) is 4.79 Å². The standard InChI is InChI=1S/C14H17N3O3S2/c1-10-17-13(8-21-10)14(18)16-7-11-3-5-12(6-4-11)9-22(19,20)15-2/h3-6,8,15H,7,9H2,1-2H3,(H,16,18). The Kier molecular flexibility index (Phi) is 5.28. The summed E-state index contributed by atoms with van der Waals surface area (Å²) in [6.07, 6.45) is 0. The van der Waals surface area contributed by atoms with Gasteiger partial charge in [-0.25, -0.2) is 18.1 Å². The van der Waals surface area contributed by atoms with Gasteiger partial charge >= 0.3 is 0 Å². The molecule has 0 bridgehead atoms. The summed E-state index contributed by atoms with van der Waals surface area (Å²) in [4.78, 5) is 16.0. The first kappa shape index (κ1) is 16.6. The highest BCUT2D eigenvalue weighted by molar-refractivity contribution is 7.88. The summed E-state index contributed by atoms with van der Waals surface area (Å²) < 4.78 is 25.2. The Morgan fingerprint density at radius 2 is 1.86 bits per heavy atom. The number of nitrogens with one attached hydrogen (secondary N) is 2. The van der Waals surface area contributed by atoms with Gasteiger partial charge in [-0.1, -0.05) is 24.3 Å². The minimum Gasteiger partial charge on any atom is -0.347 e. The molecule has 0 saturated carbocycles. The summed E-state index contributed by atoms with van der Waals surface area (Å²) in [6, 6.07) is 7.08. The zero-order chi connectivity index (χ0) is 16.2. The molecule has 0 radical (unpaired) electrons. The van der Waals surface area contributed by atoms with Gasteiger partial charge in [0.25, 0.3) is 5.91 Å². The second-order valence-corrected chi connectivity index (χ2v) is 7.70. The minimum atomic E-state index is -3.27. The number of carbonyl (C=O) groups excluding carboxylic acids is 1. The molecular weight excluding hydrogens is 322 g/mol. The first-order valence-electron chi connectivity index (χ1n) is 6.59. The van der Waals surface area contributed by atoms with Crippen LogP contribution in [0, 0.1) is 6.92 Å². The molecule has 22 heavy (non-hydrogen) atoms. The predicted octanol–water partition coefficient (Wildman–Crippen LogP) is 1.43. The molecule has 0 spiro atoms. The van der Waals surface area contributed by atoms with Crippen LogP contribution in [-0.4, -0.2) is 26.4 Å². The topological polar surface area (TPSA) is 88.2 Å². The number of hydrogen-bond acceptors (Lipinski definition) is 5. The van der Waals surface area contributed by atoms with Gasteiger partial charge in [-0.15, -0.1) is 11.3 Å². The molecule has 1 amide bonds. The number of aromatic nitrogens is 1. The summed E-state index contributed by atoms with van der Waals surface area (Å²) >= 11 is 1.43. The van der Waals surface area contributed by atoms with E-state index >= 15 is 0 Å². The van der Waals surface area contributed by atoms with E-state index in [4.69, 9.17) is 0 Å². The highest BCUT2D eigenvalue weighted by Crippen LogP contribution is 2.10. The van der Waals surface area contributed by atoms with Crippen LogP contribution in [0.2, 0.25) is 0 Å². The van der Waals surface area contributed by atoms with Gasteiger partial charge in [0.15, 0.2) is 0 Å². The van der Waals surface area contributed by atoms with E-state index in [2.05, 4.69) is 15.0 Å². The average Bonchev–Trinajstić information content (AvgIpc) is 2.92. The third kappa shape index (κ3) is 4.62. The molecule has 0 aliphatic heterocycles. The Labute approximate surface area is 133 Å². The Morgan fingerprint density at radius 3 is 2.41 bits per heavy atom. The van der Waals surface area contributed by atoms with Crippen LogP contribution >= 0.6 is 11.3 Å². The lowest BCUT2D eigenvalue weighted by Gasteiger charge is -2.06. The summed E-state index contributed by atoms with van der Waals surface area (Å²) in [5.74, 6) is -0.278. The number of nitrogens with zero attached hydrogens (tertiary/aromatic N) is 1. The smallest absolute Gasteiger partial charge is 0.271 e. The highest BCUT2D eigenvalue weighted by Gasteiger charge is 2.10. The normalized spacial score (nSPS) is 11.4. The van der Waals surface area contributed by atoms with E-state index in [1.807, 2.05) is 6.92 Å². The molecule has 2 rings (SSSR count). The molecule has 0 atom stereocenters. The van der Waals surface area contributed by atoms with Gasteiger partial charge in [0, 0.05) is 11.9 Å². The largest absolute Gasteiger partial charge is 0.347 e. The zero-order valence-corrected chi connectivity index (χ0v) is 13.9. The van der Waals surface area contributed by atoms with Gasteiger partial charge in [-0.05, 0) is 25.1 Å². The molecule has 1 heterocycles. The number of rotatable bonds is 6. The van der Waals surface area contributed by atoms with Crippen molar-refractivity contribution in [2.45, 2.75) is 19.2 Å². The molecule has 6 nitrogen and oxygen atoms in total. The molecular formula is C14H17N3O3S2. The van der Waals surface area contributed by atoms with E-state index in [1.54, 1.807) is 29.6 Å². The Hall–Kier alpha value is -1.77. The third-order valence-electron chi connectivity index (χ3n) is 3.00. The van der Waals surface area contributed by atoms with Crippen LogP contribution in [-0.2, 0) is 22.3 Å². The maximum Gasteiger partial charge on any atom is 0.271 e.